The molecule has 0 bridgehead atoms. The van der Waals surface area contributed by atoms with E-state index in [1.165, 1.54) is 23.7 Å². The van der Waals surface area contributed by atoms with E-state index in [1.54, 1.807) is 30.3 Å². The van der Waals surface area contributed by atoms with Gasteiger partial charge in [-0.2, -0.15) is 13.2 Å². The number of benzene rings is 1. The Morgan fingerprint density at radius 3 is 2.32 bits per heavy atom. The van der Waals surface area contributed by atoms with Crippen molar-refractivity contribution in [3.05, 3.63) is 57.3 Å². The molecule has 2 aliphatic rings. The standard InChI is InChI=1S/C33H41F3N6O4S/c1-18-12-26(47-7)25(30(44)40-18)16-37-29(43)23-13-24(20-14-38-31(39-15-20)41(4)5)28-27(19(23)2)45-32(3,46-28)21-8-10-22(11-9-21)42(6)17-33(34,35)36/h12-15,21-22H,8-11,16-17H2,1-7H3,(H,37,43)(H,40,44)/t21-,22-,32?. The molecular weight excluding hydrogens is 633 g/mol. The maximum Gasteiger partial charge on any atom is 0.401 e. The molecule has 1 aliphatic carbocycles. The normalized spacial score (nSPS) is 20.8. The van der Waals surface area contributed by atoms with Crippen molar-refractivity contribution in [2.45, 2.75) is 75.9 Å². The number of aromatic amines is 1. The van der Waals surface area contributed by atoms with Crippen LogP contribution in [0.15, 0.2) is 34.2 Å². The molecule has 0 spiro atoms. The maximum absolute atomic E-state index is 13.8. The van der Waals surface area contributed by atoms with Gasteiger partial charge in [0.2, 0.25) is 5.95 Å². The van der Waals surface area contributed by atoms with Crippen molar-refractivity contribution in [3.63, 3.8) is 0 Å². The van der Waals surface area contributed by atoms with Gasteiger partial charge in [0.25, 0.3) is 17.3 Å². The first kappa shape index (κ1) is 34.6. The van der Waals surface area contributed by atoms with Crippen molar-refractivity contribution < 1.29 is 27.4 Å². The Morgan fingerprint density at radius 1 is 1.09 bits per heavy atom. The summed E-state index contributed by atoms with van der Waals surface area (Å²) in [5.41, 5.74) is 3.04. The molecule has 3 aromatic rings. The summed E-state index contributed by atoms with van der Waals surface area (Å²) in [7, 11) is 5.18. The Labute approximate surface area is 276 Å². The lowest BCUT2D eigenvalue weighted by Crippen LogP contribution is -2.48. The van der Waals surface area contributed by atoms with Crippen LogP contribution in [0.2, 0.25) is 0 Å². The second kappa shape index (κ2) is 13.4. The fraction of sp³-hybridized carbons (Fsp3) is 0.515. The molecule has 1 atom stereocenters. The summed E-state index contributed by atoms with van der Waals surface area (Å²) < 4.78 is 52.3. The van der Waals surface area contributed by atoms with Gasteiger partial charge in [-0.15, -0.1) is 11.8 Å². The lowest BCUT2D eigenvalue weighted by Gasteiger charge is -2.40. The Bertz CT molecular complexity index is 1690. The average molecular weight is 675 g/mol. The number of alkyl halides is 3. The zero-order valence-electron chi connectivity index (χ0n) is 27.7. The number of hydrogen-bond donors (Lipinski definition) is 2. The van der Waals surface area contributed by atoms with Crippen LogP contribution in [0, 0.1) is 19.8 Å². The van der Waals surface area contributed by atoms with Crippen molar-refractivity contribution in [3.8, 4) is 22.6 Å². The summed E-state index contributed by atoms with van der Waals surface area (Å²) in [5.74, 6) is -0.204. The Kier molecular flexibility index (Phi) is 9.84. The third-order valence-electron chi connectivity index (χ3n) is 9.05. The second-order valence-corrected chi connectivity index (χ2v) is 13.5. The number of anilines is 1. The minimum Gasteiger partial charge on any atom is -0.448 e. The number of carbonyl (C=O) groups excluding carboxylic acids is 1. The van der Waals surface area contributed by atoms with E-state index in [1.807, 2.05) is 40.3 Å². The van der Waals surface area contributed by atoms with E-state index in [9.17, 15) is 22.8 Å². The summed E-state index contributed by atoms with van der Waals surface area (Å²) in [4.78, 5) is 42.1. The van der Waals surface area contributed by atoms with Gasteiger partial charge >= 0.3 is 6.18 Å². The van der Waals surface area contributed by atoms with E-state index in [4.69, 9.17) is 9.47 Å². The molecule has 0 saturated heterocycles. The third-order valence-corrected chi connectivity index (χ3v) is 9.86. The van der Waals surface area contributed by atoms with Crippen LogP contribution in [0.5, 0.6) is 11.5 Å². The fourth-order valence-corrected chi connectivity index (χ4v) is 7.15. The van der Waals surface area contributed by atoms with Gasteiger partial charge in [0.05, 0.1) is 6.54 Å². The molecule has 1 amide bonds. The van der Waals surface area contributed by atoms with Crippen LogP contribution in [-0.2, 0) is 6.54 Å². The number of aromatic nitrogens is 3. The van der Waals surface area contributed by atoms with E-state index in [0.29, 0.717) is 70.9 Å². The van der Waals surface area contributed by atoms with Gasteiger partial charge in [-0.05, 0) is 65.0 Å². The predicted molar refractivity (Wildman–Crippen MR) is 175 cm³/mol. The minimum atomic E-state index is -4.25. The smallest absolute Gasteiger partial charge is 0.401 e. The first-order valence-electron chi connectivity index (χ1n) is 15.5. The molecule has 47 heavy (non-hydrogen) atoms. The molecule has 2 N–H and O–H groups in total. The molecule has 0 radical (unpaired) electrons. The molecule has 1 saturated carbocycles. The first-order valence-corrected chi connectivity index (χ1v) is 16.7. The molecule has 1 aromatic carbocycles. The van der Waals surface area contributed by atoms with Gasteiger partial charge in [-0.1, -0.05) is 0 Å². The fourth-order valence-electron chi connectivity index (χ4n) is 6.44. The van der Waals surface area contributed by atoms with Crippen LogP contribution >= 0.6 is 11.8 Å². The summed E-state index contributed by atoms with van der Waals surface area (Å²) in [5, 5.41) is 2.91. The second-order valence-electron chi connectivity index (χ2n) is 12.7. The van der Waals surface area contributed by atoms with Crippen LogP contribution in [0.4, 0.5) is 19.1 Å². The van der Waals surface area contributed by atoms with Crippen LogP contribution in [-0.4, -0.2) is 77.7 Å². The largest absolute Gasteiger partial charge is 0.448 e. The molecule has 3 heterocycles. The Balaban J connectivity index is 1.45. The van der Waals surface area contributed by atoms with Gasteiger partial charge in [-0.3, -0.25) is 14.5 Å². The summed E-state index contributed by atoms with van der Waals surface area (Å²) in [6.07, 6.45) is 3.32. The van der Waals surface area contributed by atoms with Gasteiger partial charge in [0, 0.05) is 90.3 Å². The van der Waals surface area contributed by atoms with Gasteiger partial charge in [0.15, 0.2) is 11.5 Å². The highest BCUT2D eigenvalue weighted by Gasteiger charge is 2.48. The maximum atomic E-state index is 13.8. The average Bonchev–Trinajstić information content (AvgIpc) is 3.38. The summed E-state index contributed by atoms with van der Waals surface area (Å²) in [6.45, 7) is 4.52. The van der Waals surface area contributed by atoms with Gasteiger partial charge < -0.3 is 24.7 Å². The third kappa shape index (κ3) is 7.38. The Hall–Kier alpha value is -3.78. The Morgan fingerprint density at radius 2 is 1.72 bits per heavy atom. The number of halogens is 3. The number of pyridine rings is 1. The van der Waals surface area contributed by atoms with E-state index in [-0.39, 0.29) is 24.1 Å². The van der Waals surface area contributed by atoms with E-state index >= 15 is 0 Å². The highest BCUT2D eigenvalue weighted by atomic mass is 32.2. The van der Waals surface area contributed by atoms with Gasteiger partial charge in [-0.25, -0.2) is 9.97 Å². The number of H-pyrrole nitrogens is 1. The van der Waals surface area contributed by atoms with E-state index in [2.05, 4.69) is 20.3 Å². The lowest BCUT2D eigenvalue weighted by atomic mass is 9.81. The van der Waals surface area contributed by atoms with Crippen LogP contribution in [0.1, 0.15) is 59.8 Å². The molecule has 1 fully saturated rings. The number of aryl methyl sites for hydroxylation is 1. The lowest BCUT2D eigenvalue weighted by molar-refractivity contribution is -0.153. The zero-order chi connectivity index (χ0) is 34.3. The number of nitrogens with zero attached hydrogens (tertiary/aromatic N) is 4. The molecule has 1 unspecified atom stereocenters. The first-order chi connectivity index (χ1) is 22.1. The molecule has 2 aromatic heterocycles. The molecular formula is C33H41F3N6O4S. The van der Waals surface area contributed by atoms with Crippen molar-refractivity contribution in [2.24, 2.45) is 5.92 Å². The van der Waals surface area contributed by atoms with Crippen LogP contribution in [0.3, 0.4) is 0 Å². The minimum absolute atomic E-state index is 0.0260. The highest BCUT2D eigenvalue weighted by molar-refractivity contribution is 7.98. The number of hydrogen-bond acceptors (Lipinski definition) is 9. The number of carbonyl (C=O) groups is 1. The van der Waals surface area contributed by atoms with Crippen LogP contribution in [0.25, 0.3) is 11.1 Å². The van der Waals surface area contributed by atoms with Gasteiger partial charge in [0.1, 0.15) is 0 Å². The quantitative estimate of drug-likeness (QED) is 0.276. The molecule has 254 valence electrons. The van der Waals surface area contributed by atoms with Crippen molar-refractivity contribution in [1.29, 1.82) is 0 Å². The topological polar surface area (TPSA) is 113 Å². The number of amides is 1. The van der Waals surface area contributed by atoms with Crippen molar-refractivity contribution in [1.82, 2.24) is 25.2 Å². The monoisotopic (exact) mass is 674 g/mol. The summed E-state index contributed by atoms with van der Waals surface area (Å²) >= 11 is 1.43. The highest BCUT2D eigenvalue weighted by Crippen LogP contribution is 2.53. The number of ether oxygens (including phenoxy) is 2. The number of thioether (sulfide) groups is 1. The molecule has 5 rings (SSSR count). The van der Waals surface area contributed by atoms with E-state index < -0.39 is 24.4 Å². The molecule has 10 nitrogen and oxygen atoms in total. The predicted octanol–water partition coefficient (Wildman–Crippen LogP) is 5.71. The summed E-state index contributed by atoms with van der Waals surface area (Å²) in [6, 6.07) is 3.41. The number of rotatable bonds is 9. The SMILES string of the molecule is CSc1cc(C)[nH]c(=O)c1CNC(=O)c1cc(-c2cnc(N(C)C)nc2)c2c(c1C)OC(C)([C@H]1CC[C@H](N(C)CC(F)(F)F)CC1)O2. The molecule has 1 aliphatic heterocycles. The van der Waals surface area contributed by atoms with Crippen molar-refractivity contribution >= 4 is 23.6 Å². The number of fused-ring (bicyclic) bond motifs is 1. The zero-order valence-corrected chi connectivity index (χ0v) is 28.5. The van der Waals surface area contributed by atoms with E-state index in [0.717, 1.165) is 10.6 Å². The molecule has 14 heteroatoms. The number of nitrogens with one attached hydrogen (secondary N) is 2. The van der Waals surface area contributed by atoms with Crippen LogP contribution < -0.4 is 25.2 Å². The van der Waals surface area contributed by atoms with Crippen molar-refractivity contribution in [2.75, 3.05) is 38.8 Å².